The summed E-state index contributed by atoms with van der Waals surface area (Å²) in [6, 6.07) is 0. The monoisotopic (exact) mass is 210 g/mol. The minimum Gasteiger partial charge on any atom is -0.499 e. The third-order valence-electron chi connectivity index (χ3n) is 3.73. The second-order valence-electron chi connectivity index (χ2n) is 4.71. The summed E-state index contributed by atoms with van der Waals surface area (Å²) in [5, 5.41) is 0. The molecule has 1 saturated carbocycles. The van der Waals surface area contributed by atoms with Gasteiger partial charge in [-0.3, -0.25) is 0 Å². The van der Waals surface area contributed by atoms with Crippen LogP contribution in [0.25, 0.3) is 0 Å². The summed E-state index contributed by atoms with van der Waals surface area (Å²) in [4.78, 5) is 0. The molecule has 2 unspecified atom stereocenters. The van der Waals surface area contributed by atoms with Gasteiger partial charge in [0.15, 0.2) is 5.79 Å². The Hall–Kier alpha value is -0.540. The Kier molecular flexibility index (Phi) is 2.25. The third-order valence-corrected chi connectivity index (χ3v) is 3.73. The van der Waals surface area contributed by atoms with E-state index in [1.165, 1.54) is 5.76 Å². The van der Waals surface area contributed by atoms with E-state index in [1.807, 2.05) is 6.92 Å². The molecule has 3 aliphatic rings. The van der Waals surface area contributed by atoms with Crippen molar-refractivity contribution in [1.29, 1.82) is 0 Å². The van der Waals surface area contributed by atoms with Gasteiger partial charge in [-0.05, 0) is 24.8 Å². The average Bonchev–Trinajstić information content (AvgIpc) is 2.83. The highest BCUT2D eigenvalue weighted by Crippen LogP contribution is 2.50. The van der Waals surface area contributed by atoms with Crippen LogP contribution < -0.4 is 0 Å². The topological polar surface area (TPSA) is 27.7 Å². The second-order valence-corrected chi connectivity index (χ2v) is 4.71. The molecule has 0 aromatic carbocycles. The number of allylic oxidation sites excluding steroid dienone is 2. The van der Waals surface area contributed by atoms with Gasteiger partial charge >= 0.3 is 0 Å². The van der Waals surface area contributed by atoms with E-state index in [0.29, 0.717) is 11.8 Å². The van der Waals surface area contributed by atoms with E-state index in [1.54, 1.807) is 0 Å². The summed E-state index contributed by atoms with van der Waals surface area (Å²) in [5.41, 5.74) is 0. The lowest BCUT2D eigenvalue weighted by Crippen LogP contribution is -2.26. The first-order valence-electron chi connectivity index (χ1n) is 5.93. The maximum Gasteiger partial charge on any atom is 0.169 e. The molecule has 0 bridgehead atoms. The maximum absolute atomic E-state index is 5.74. The summed E-state index contributed by atoms with van der Waals surface area (Å²) >= 11 is 0. The van der Waals surface area contributed by atoms with E-state index < -0.39 is 0 Å². The second kappa shape index (κ2) is 3.49. The predicted octanol–water partition coefficient (Wildman–Crippen LogP) is 2.08. The van der Waals surface area contributed by atoms with E-state index in [9.17, 15) is 0 Å². The van der Waals surface area contributed by atoms with Gasteiger partial charge in [-0.25, -0.2) is 0 Å². The molecule has 3 nitrogen and oxygen atoms in total. The van der Waals surface area contributed by atoms with Crippen LogP contribution in [-0.4, -0.2) is 25.6 Å². The van der Waals surface area contributed by atoms with Crippen molar-refractivity contribution in [1.82, 2.24) is 0 Å². The van der Waals surface area contributed by atoms with Gasteiger partial charge in [-0.2, -0.15) is 0 Å². The lowest BCUT2D eigenvalue weighted by atomic mass is 10.0. The highest BCUT2D eigenvalue weighted by molar-refractivity contribution is 5.13. The van der Waals surface area contributed by atoms with Crippen LogP contribution in [0.4, 0.5) is 0 Å². The van der Waals surface area contributed by atoms with Gasteiger partial charge in [0.1, 0.15) is 0 Å². The van der Waals surface area contributed by atoms with Gasteiger partial charge in [-0.1, -0.05) is 0 Å². The number of fused-ring (bicyclic) bond motifs is 1. The summed E-state index contributed by atoms with van der Waals surface area (Å²) < 4.78 is 17.1. The molecule has 0 amide bonds. The first kappa shape index (κ1) is 9.67. The Morgan fingerprint density at radius 1 is 1.40 bits per heavy atom. The molecule has 15 heavy (non-hydrogen) atoms. The SMILES string of the molecule is CCOC1=CC2CC3(CC2C1)OCCO3. The molecule has 1 saturated heterocycles. The van der Waals surface area contributed by atoms with E-state index in [-0.39, 0.29) is 5.79 Å². The molecule has 1 aliphatic heterocycles. The molecule has 0 aromatic rings. The molecule has 0 radical (unpaired) electrons. The van der Waals surface area contributed by atoms with Gasteiger partial charge in [0.2, 0.25) is 0 Å². The smallest absolute Gasteiger partial charge is 0.169 e. The predicted molar refractivity (Wildman–Crippen MR) is 55.2 cm³/mol. The molecule has 0 N–H and O–H groups in total. The minimum atomic E-state index is -0.233. The number of hydrogen-bond donors (Lipinski definition) is 0. The van der Waals surface area contributed by atoms with Crippen molar-refractivity contribution < 1.29 is 14.2 Å². The molecule has 1 heterocycles. The summed E-state index contributed by atoms with van der Waals surface area (Å²) in [6.45, 7) is 4.35. The van der Waals surface area contributed by atoms with E-state index in [2.05, 4.69) is 6.08 Å². The molecular weight excluding hydrogens is 192 g/mol. The summed E-state index contributed by atoms with van der Waals surface area (Å²) in [5.74, 6) is 2.25. The molecule has 0 aromatic heterocycles. The Balaban J connectivity index is 1.68. The van der Waals surface area contributed by atoms with Crippen molar-refractivity contribution in [2.45, 2.75) is 32.0 Å². The molecule has 2 aliphatic carbocycles. The zero-order chi connectivity index (χ0) is 10.3. The van der Waals surface area contributed by atoms with Crippen LogP contribution in [0.1, 0.15) is 26.2 Å². The summed E-state index contributed by atoms with van der Waals surface area (Å²) in [6.07, 6.45) is 5.43. The Bertz CT molecular complexity index is 279. The lowest BCUT2D eigenvalue weighted by molar-refractivity contribution is -0.154. The highest BCUT2D eigenvalue weighted by Gasteiger charge is 2.50. The lowest BCUT2D eigenvalue weighted by Gasteiger charge is -2.22. The average molecular weight is 210 g/mol. The van der Waals surface area contributed by atoms with Crippen LogP contribution in [-0.2, 0) is 14.2 Å². The van der Waals surface area contributed by atoms with Crippen molar-refractivity contribution in [3.8, 4) is 0 Å². The van der Waals surface area contributed by atoms with Crippen molar-refractivity contribution >= 4 is 0 Å². The fraction of sp³-hybridized carbons (Fsp3) is 0.833. The maximum atomic E-state index is 5.74. The molecule has 84 valence electrons. The van der Waals surface area contributed by atoms with Crippen molar-refractivity contribution in [3.05, 3.63) is 11.8 Å². The molecular formula is C12H18O3. The van der Waals surface area contributed by atoms with Crippen LogP contribution in [0.2, 0.25) is 0 Å². The largest absolute Gasteiger partial charge is 0.499 e. The molecule has 1 spiro atoms. The van der Waals surface area contributed by atoms with Crippen molar-refractivity contribution in [2.24, 2.45) is 11.8 Å². The van der Waals surface area contributed by atoms with Crippen molar-refractivity contribution in [3.63, 3.8) is 0 Å². The zero-order valence-corrected chi connectivity index (χ0v) is 9.20. The van der Waals surface area contributed by atoms with Gasteiger partial charge in [0.25, 0.3) is 0 Å². The Labute approximate surface area is 90.4 Å². The third kappa shape index (κ3) is 1.58. The number of ether oxygens (including phenoxy) is 3. The van der Waals surface area contributed by atoms with E-state index in [4.69, 9.17) is 14.2 Å². The van der Waals surface area contributed by atoms with E-state index in [0.717, 1.165) is 39.1 Å². The standard InChI is InChI=1S/C12H18O3/c1-2-13-11-5-9-7-12(8-10(9)6-11)14-3-4-15-12/h5,9-10H,2-4,6-8H2,1H3. The van der Waals surface area contributed by atoms with Crippen LogP contribution in [0, 0.1) is 11.8 Å². The van der Waals surface area contributed by atoms with Gasteiger partial charge in [-0.15, -0.1) is 0 Å². The zero-order valence-electron chi connectivity index (χ0n) is 9.20. The fourth-order valence-corrected chi connectivity index (χ4v) is 3.17. The van der Waals surface area contributed by atoms with Gasteiger partial charge < -0.3 is 14.2 Å². The minimum absolute atomic E-state index is 0.233. The Morgan fingerprint density at radius 3 is 2.87 bits per heavy atom. The normalized spacial score (nSPS) is 37.0. The first-order chi connectivity index (χ1) is 7.31. The molecule has 2 fully saturated rings. The summed E-state index contributed by atoms with van der Waals surface area (Å²) in [7, 11) is 0. The van der Waals surface area contributed by atoms with Crippen LogP contribution >= 0.6 is 0 Å². The fourth-order valence-electron chi connectivity index (χ4n) is 3.17. The van der Waals surface area contributed by atoms with Gasteiger partial charge in [0.05, 0.1) is 25.6 Å². The molecule has 3 heteroatoms. The highest BCUT2D eigenvalue weighted by atomic mass is 16.7. The van der Waals surface area contributed by atoms with E-state index >= 15 is 0 Å². The van der Waals surface area contributed by atoms with Crippen LogP contribution in [0.15, 0.2) is 11.8 Å². The van der Waals surface area contributed by atoms with Crippen LogP contribution in [0.5, 0.6) is 0 Å². The number of hydrogen-bond acceptors (Lipinski definition) is 3. The number of rotatable bonds is 2. The van der Waals surface area contributed by atoms with Crippen LogP contribution in [0.3, 0.4) is 0 Å². The molecule has 2 atom stereocenters. The van der Waals surface area contributed by atoms with Crippen molar-refractivity contribution in [2.75, 3.05) is 19.8 Å². The first-order valence-corrected chi connectivity index (χ1v) is 5.93. The molecule has 3 rings (SSSR count). The quantitative estimate of drug-likeness (QED) is 0.698. The Morgan fingerprint density at radius 2 is 2.20 bits per heavy atom. The van der Waals surface area contributed by atoms with Gasteiger partial charge in [0, 0.05) is 19.3 Å².